The Labute approximate surface area is 118 Å². The maximum Gasteiger partial charge on any atom is -0.00240 e. The topological polar surface area (TPSA) is 0 Å². The Balaban J connectivity index is 2.21. The number of benzene rings is 4. The fraction of sp³-hybridized carbons (Fsp3) is 0.100. The number of hydrogen-bond donors (Lipinski definition) is 0. The first kappa shape index (κ1) is 11.5. The minimum Gasteiger partial charge on any atom is -0.103 e. The van der Waals surface area contributed by atoms with Gasteiger partial charge in [0.15, 0.2) is 0 Å². The quantitative estimate of drug-likeness (QED) is 0.325. The van der Waals surface area contributed by atoms with Crippen LogP contribution in [0.2, 0.25) is 0 Å². The lowest BCUT2D eigenvalue weighted by atomic mass is 9.90. The van der Waals surface area contributed by atoms with Gasteiger partial charge in [-0.2, -0.15) is 0 Å². The molecule has 0 saturated carbocycles. The van der Waals surface area contributed by atoms with Crippen LogP contribution in [0.5, 0.6) is 0 Å². The van der Waals surface area contributed by atoms with E-state index in [1.165, 1.54) is 37.9 Å². The SMILES string of the molecule is C=CCCc1cc2cccc3ccc4cccc1c4c32. The second kappa shape index (κ2) is 4.35. The summed E-state index contributed by atoms with van der Waals surface area (Å²) in [5, 5.41) is 8.25. The fourth-order valence-electron chi connectivity index (χ4n) is 3.30. The molecule has 0 fully saturated rings. The Hall–Kier alpha value is -2.34. The van der Waals surface area contributed by atoms with E-state index in [0.717, 1.165) is 12.8 Å². The molecule has 0 spiro atoms. The van der Waals surface area contributed by atoms with Crippen molar-refractivity contribution in [3.8, 4) is 0 Å². The summed E-state index contributed by atoms with van der Waals surface area (Å²) < 4.78 is 0. The number of aryl methyl sites for hydroxylation is 1. The van der Waals surface area contributed by atoms with Gasteiger partial charge in [0.2, 0.25) is 0 Å². The number of rotatable bonds is 3. The average Bonchev–Trinajstić information content (AvgIpc) is 2.51. The predicted molar refractivity (Wildman–Crippen MR) is 88.7 cm³/mol. The van der Waals surface area contributed by atoms with E-state index in [0.29, 0.717) is 0 Å². The van der Waals surface area contributed by atoms with Crippen LogP contribution in [-0.4, -0.2) is 0 Å². The molecule has 0 aromatic heterocycles. The molecule has 4 aromatic carbocycles. The third-order valence-corrected chi connectivity index (χ3v) is 4.21. The van der Waals surface area contributed by atoms with Gasteiger partial charge in [0, 0.05) is 0 Å². The van der Waals surface area contributed by atoms with Gasteiger partial charge in [0.1, 0.15) is 0 Å². The van der Waals surface area contributed by atoms with Gasteiger partial charge in [0.25, 0.3) is 0 Å². The van der Waals surface area contributed by atoms with Gasteiger partial charge in [-0.25, -0.2) is 0 Å². The molecule has 0 aliphatic carbocycles. The summed E-state index contributed by atoms with van der Waals surface area (Å²) in [5.74, 6) is 0. The molecule has 96 valence electrons. The monoisotopic (exact) mass is 256 g/mol. The largest absolute Gasteiger partial charge is 0.103 e. The zero-order valence-electron chi connectivity index (χ0n) is 11.4. The molecule has 20 heavy (non-hydrogen) atoms. The van der Waals surface area contributed by atoms with Crippen LogP contribution in [0.3, 0.4) is 0 Å². The first-order chi connectivity index (χ1) is 9.88. The van der Waals surface area contributed by atoms with E-state index in [9.17, 15) is 0 Å². The normalized spacial score (nSPS) is 11.6. The molecular weight excluding hydrogens is 240 g/mol. The van der Waals surface area contributed by atoms with Crippen LogP contribution in [0.1, 0.15) is 12.0 Å². The summed E-state index contributed by atoms with van der Waals surface area (Å²) in [6, 6.07) is 20.0. The Kier molecular flexibility index (Phi) is 2.50. The second-order valence-corrected chi connectivity index (χ2v) is 5.41. The molecule has 0 amide bonds. The van der Waals surface area contributed by atoms with Crippen LogP contribution in [0.4, 0.5) is 0 Å². The zero-order valence-corrected chi connectivity index (χ0v) is 11.4. The van der Waals surface area contributed by atoms with Crippen LogP contribution in [-0.2, 0) is 6.42 Å². The van der Waals surface area contributed by atoms with Crippen LogP contribution in [0, 0.1) is 0 Å². The molecule has 0 heteroatoms. The molecule has 0 nitrogen and oxygen atoms in total. The van der Waals surface area contributed by atoms with Gasteiger partial charge < -0.3 is 0 Å². The Bertz CT molecular complexity index is 915. The summed E-state index contributed by atoms with van der Waals surface area (Å²) in [6.45, 7) is 3.85. The summed E-state index contributed by atoms with van der Waals surface area (Å²) in [4.78, 5) is 0. The van der Waals surface area contributed by atoms with Crippen LogP contribution >= 0.6 is 0 Å². The third-order valence-electron chi connectivity index (χ3n) is 4.21. The van der Waals surface area contributed by atoms with Gasteiger partial charge in [0.05, 0.1) is 0 Å². The highest BCUT2D eigenvalue weighted by Gasteiger charge is 2.10. The highest BCUT2D eigenvalue weighted by atomic mass is 14.1. The molecule has 0 saturated heterocycles. The molecule has 0 aliphatic heterocycles. The second-order valence-electron chi connectivity index (χ2n) is 5.41. The van der Waals surface area contributed by atoms with Crippen LogP contribution < -0.4 is 0 Å². The Morgan fingerprint density at radius 2 is 1.50 bits per heavy atom. The lowest BCUT2D eigenvalue weighted by Gasteiger charge is -2.14. The summed E-state index contributed by atoms with van der Waals surface area (Å²) in [7, 11) is 0. The highest BCUT2D eigenvalue weighted by molar-refractivity contribution is 6.23. The van der Waals surface area contributed by atoms with E-state index >= 15 is 0 Å². The van der Waals surface area contributed by atoms with E-state index in [1.54, 1.807) is 0 Å². The van der Waals surface area contributed by atoms with Crippen LogP contribution in [0.25, 0.3) is 32.3 Å². The maximum absolute atomic E-state index is 3.85. The highest BCUT2D eigenvalue weighted by Crippen LogP contribution is 2.36. The van der Waals surface area contributed by atoms with Gasteiger partial charge in [-0.05, 0) is 50.7 Å². The Morgan fingerprint density at radius 3 is 2.30 bits per heavy atom. The predicted octanol–water partition coefficient (Wildman–Crippen LogP) is 5.70. The molecule has 0 bridgehead atoms. The molecule has 0 heterocycles. The maximum atomic E-state index is 3.85. The van der Waals surface area contributed by atoms with Crippen molar-refractivity contribution >= 4 is 32.3 Å². The first-order valence-electron chi connectivity index (χ1n) is 7.15. The van der Waals surface area contributed by atoms with Crippen molar-refractivity contribution < 1.29 is 0 Å². The first-order valence-corrected chi connectivity index (χ1v) is 7.15. The van der Waals surface area contributed by atoms with Crippen molar-refractivity contribution in [1.29, 1.82) is 0 Å². The van der Waals surface area contributed by atoms with Crippen molar-refractivity contribution in [3.05, 3.63) is 72.8 Å². The van der Waals surface area contributed by atoms with Gasteiger partial charge in [-0.3, -0.25) is 0 Å². The average molecular weight is 256 g/mol. The molecular formula is C20H16. The van der Waals surface area contributed by atoms with E-state index in [4.69, 9.17) is 0 Å². The molecule has 0 unspecified atom stereocenters. The molecule has 0 atom stereocenters. The molecule has 0 N–H and O–H groups in total. The van der Waals surface area contributed by atoms with Gasteiger partial charge in [-0.1, -0.05) is 60.7 Å². The molecule has 0 radical (unpaired) electrons. The summed E-state index contributed by atoms with van der Waals surface area (Å²) in [5.41, 5.74) is 1.43. The molecule has 4 aromatic rings. The van der Waals surface area contributed by atoms with E-state index in [2.05, 4.69) is 61.2 Å². The summed E-state index contributed by atoms with van der Waals surface area (Å²) >= 11 is 0. The van der Waals surface area contributed by atoms with Crippen molar-refractivity contribution in [2.45, 2.75) is 12.8 Å². The van der Waals surface area contributed by atoms with E-state index < -0.39 is 0 Å². The number of hydrogen-bond acceptors (Lipinski definition) is 0. The van der Waals surface area contributed by atoms with Crippen molar-refractivity contribution in [3.63, 3.8) is 0 Å². The molecule has 0 aliphatic rings. The lowest BCUT2D eigenvalue weighted by molar-refractivity contribution is 1.02. The van der Waals surface area contributed by atoms with E-state index in [-0.39, 0.29) is 0 Å². The standard InChI is InChI=1S/C20H16/c1-2-3-6-16-13-17-9-4-7-14-11-12-15-8-5-10-18(16)20(15)19(14)17/h2,4-5,7-13H,1,3,6H2. The van der Waals surface area contributed by atoms with Gasteiger partial charge in [-0.15, -0.1) is 6.58 Å². The summed E-state index contributed by atoms with van der Waals surface area (Å²) in [6.07, 6.45) is 4.09. The number of allylic oxidation sites excluding steroid dienone is 1. The van der Waals surface area contributed by atoms with E-state index in [1.807, 2.05) is 6.08 Å². The molecule has 4 rings (SSSR count). The third kappa shape index (κ3) is 1.55. The lowest BCUT2D eigenvalue weighted by Crippen LogP contribution is -1.90. The zero-order chi connectivity index (χ0) is 13.5. The van der Waals surface area contributed by atoms with Gasteiger partial charge >= 0.3 is 0 Å². The van der Waals surface area contributed by atoms with Crippen molar-refractivity contribution in [2.75, 3.05) is 0 Å². The van der Waals surface area contributed by atoms with Crippen molar-refractivity contribution in [2.24, 2.45) is 0 Å². The minimum atomic E-state index is 1.03. The van der Waals surface area contributed by atoms with Crippen LogP contribution in [0.15, 0.2) is 67.3 Å². The fourth-order valence-corrected chi connectivity index (χ4v) is 3.30. The minimum absolute atomic E-state index is 1.03. The Morgan fingerprint density at radius 1 is 0.800 bits per heavy atom. The van der Waals surface area contributed by atoms with Crippen molar-refractivity contribution in [1.82, 2.24) is 0 Å². The smallest absolute Gasteiger partial charge is 0.00240 e.